The van der Waals surface area contributed by atoms with Crippen molar-refractivity contribution in [1.29, 1.82) is 0 Å². The lowest BCUT2D eigenvalue weighted by Gasteiger charge is -2.30. The molecule has 9 heteroatoms. The van der Waals surface area contributed by atoms with Crippen LogP contribution in [0, 0.1) is 5.82 Å². The van der Waals surface area contributed by atoms with Crippen LogP contribution in [-0.4, -0.2) is 13.4 Å². The standard InChI is InChI=1S/C14H12Cl2FN3O2S/c1-14(9-3-5-12(16)18-7-9)13(19-23(21,22)20-14)8-2-4-10(15)11(17)6-8/h2-7,13,19-20H,1H3. The topological polar surface area (TPSA) is 71.1 Å². The monoisotopic (exact) mass is 375 g/mol. The van der Waals surface area contributed by atoms with Crippen molar-refractivity contribution in [1.82, 2.24) is 14.4 Å². The number of halogens is 3. The maximum Gasteiger partial charge on any atom is 0.278 e. The first-order valence-electron chi connectivity index (χ1n) is 6.59. The molecule has 2 aromatic rings. The van der Waals surface area contributed by atoms with E-state index in [-0.39, 0.29) is 5.02 Å². The van der Waals surface area contributed by atoms with Gasteiger partial charge in [0.15, 0.2) is 0 Å². The van der Waals surface area contributed by atoms with Gasteiger partial charge in [-0.05, 0) is 36.2 Å². The molecular weight excluding hydrogens is 364 g/mol. The van der Waals surface area contributed by atoms with Crippen LogP contribution in [0.4, 0.5) is 4.39 Å². The van der Waals surface area contributed by atoms with Gasteiger partial charge in [0.1, 0.15) is 11.0 Å². The van der Waals surface area contributed by atoms with Crippen LogP contribution in [0.3, 0.4) is 0 Å². The molecule has 122 valence electrons. The van der Waals surface area contributed by atoms with Crippen molar-refractivity contribution in [2.24, 2.45) is 0 Å². The summed E-state index contributed by atoms with van der Waals surface area (Å²) >= 11 is 11.5. The molecule has 0 radical (unpaired) electrons. The lowest BCUT2D eigenvalue weighted by atomic mass is 9.83. The number of nitrogens with one attached hydrogen (secondary N) is 2. The number of pyridine rings is 1. The van der Waals surface area contributed by atoms with Crippen LogP contribution >= 0.6 is 23.2 Å². The van der Waals surface area contributed by atoms with Crippen LogP contribution < -0.4 is 9.44 Å². The van der Waals surface area contributed by atoms with Gasteiger partial charge in [0.05, 0.1) is 16.6 Å². The van der Waals surface area contributed by atoms with E-state index >= 15 is 0 Å². The SMILES string of the molecule is CC1(c2ccc(Cl)nc2)NS(=O)(=O)NC1c1ccc(Cl)c(F)c1. The van der Waals surface area contributed by atoms with Crippen molar-refractivity contribution in [2.75, 3.05) is 0 Å². The molecule has 0 aliphatic carbocycles. The molecule has 0 bridgehead atoms. The molecule has 0 spiro atoms. The van der Waals surface area contributed by atoms with Gasteiger partial charge >= 0.3 is 0 Å². The van der Waals surface area contributed by atoms with Crippen LogP contribution in [0.25, 0.3) is 0 Å². The van der Waals surface area contributed by atoms with Crippen molar-refractivity contribution >= 4 is 33.4 Å². The molecule has 0 amide bonds. The summed E-state index contributed by atoms with van der Waals surface area (Å²) in [6.07, 6.45) is 1.48. The molecule has 1 aromatic heterocycles. The molecule has 0 saturated carbocycles. The van der Waals surface area contributed by atoms with Gasteiger partial charge in [0.2, 0.25) is 0 Å². The quantitative estimate of drug-likeness (QED) is 0.792. The Labute approximate surface area is 143 Å². The molecular formula is C14H12Cl2FN3O2S. The Morgan fingerprint density at radius 2 is 2.00 bits per heavy atom. The number of hydrogen-bond donors (Lipinski definition) is 2. The second-order valence-electron chi connectivity index (χ2n) is 5.40. The van der Waals surface area contributed by atoms with Crippen LogP contribution in [0.2, 0.25) is 10.2 Å². The Bertz CT molecular complexity index is 861. The predicted octanol–water partition coefficient (Wildman–Crippen LogP) is 2.92. The molecule has 23 heavy (non-hydrogen) atoms. The van der Waals surface area contributed by atoms with Gasteiger partial charge in [-0.3, -0.25) is 0 Å². The van der Waals surface area contributed by atoms with Crippen LogP contribution in [-0.2, 0) is 15.7 Å². The van der Waals surface area contributed by atoms with Gasteiger partial charge in [-0.15, -0.1) is 0 Å². The number of rotatable bonds is 2. The number of hydrogen-bond acceptors (Lipinski definition) is 3. The van der Waals surface area contributed by atoms with E-state index in [1.54, 1.807) is 25.1 Å². The smallest absolute Gasteiger partial charge is 0.244 e. The zero-order valence-electron chi connectivity index (χ0n) is 11.8. The Balaban J connectivity index is 2.12. The molecule has 3 rings (SSSR count). The lowest BCUT2D eigenvalue weighted by Crippen LogP contribution is -2.39. The third kappa shape index (κ3) is 3.07. The summed E-state index contributed by atoms with van der Waals surface area (Å²) in [6, 6.07) is 6.68. The van der Waals surface area contributed by atoms with Gasteiger partial charge in [-0.2, -0.15) is 17.9 Å². The van der Waals surface area contributed by atoms with Crippen LogP contribution in [0.1, 0.15) is 24.1 Å². The highest BCUT2D eigenvalue weighted by Crippen LogP contribution is 2.40. The maximum atomic E-state index is 13.8. The molecule has 2 unspecified atom stereocenters. The fraction of sp³-hybridized carbons (Fsp3) is 0.214. The fourth-order valence-electron chi connectivity index (χ4n) is 2.64. The number of aromatic nitrogens is 1. The summed E-state index contributed by atoms with van der Waals surface area (Å²) in [5.74, 6) is -0.619. The van der Waals surface area contributed by atoms with E-state index in [1.165, 1.54) is 18.3 Å². The van der Waals surface area contributed by atoms with Gasteiger partial charge < -0.3 is 0 Å². The molecule has 1 aromatic carbocycles. The van der Waals surface area contributed by atoms with E-state index in [1.807, 2.05) is 0 Å². The highest BCUT2D eigenvalue weighted by atomic mass is 35.5. The minimum absolute atomic E-state index is 0.0302. The second kappa shape index (κ2) is 5.68. The van der Waals surface area contributed by atoms with E-state index < -0.39 is 27.6 Å². The Hall–Kier alpha value is -1.25. The summed E-state index contributed by atoms with van der Waals surface area (Å²) in [5, 5.41) is 0.262. The van der Waals surface area contributed by atoms with E-state index in [9.17, 15) is 12.8 Å². The molecule has 2 heterocycles. The van der Waals surface area contributed by atoms with Crippen molar-refractivity contribution in [3.8, 4) is 0 Å². The van der Waals surface area contributed by atoms with Gasteiger partial charge in [-0.25, -0.2) is 9.37 Å². The van der Waals surface area contributed by atoms with Crippen molar-refractivity contribution in [2.45, 2.75) is 18.5 Å². The summed E-state index contributed by atoms with van der Waals surface area (Å²) in [4.78, 5) is 3.98. The van der Waals surface area contributed by atoms with Crippen molar-refractivity contribution in [3.05, 3.63) is 63.6 Å². The van der Waals surface area contributed by atoms with E-state index in [0.717, 1.165) is 0 Å². The Morgan fingerprint density at radius 1 is 1.26 bits per heavy atom. The third-order valence-corrected chi connectivity index (χ3v) is 5.57. The van der Waals surface area contributed by atoms with E-state index in [4.69, 9.17) is 23.2 Å². The van der Waals surface area contributed by atoms with Gasteiger partial charge in [0.25, 0.3) is 10.2 Å². The summed E-state index contributed by atoms with van der Waals surface area (Å²) < 4.78 is 42.9. The number of benzene rings is 1. The highest BCUT2D eigenvalue weighted by molar-refractivity contribution is 7.87. The summed E-state index contributed by atoms with van der Waals surface area (Å²) in [6.45, 7) is 1.69. The van der Waals surface area contributed by atoms with Crippen molar-refractivity contribution in [3.63, 3.8) is 0 Å². The third-order valence-electron chi connectivity index (χ3n) is 3.80. The van der Waals surface area contributed by atoms with Gasteiger partial charge in [-0.1, -0.05) is 35.3 Å². The Kier molecular flexibility index (Phi) is 4.10. The van der Waals surface area contributed by atoms with Gasteiger partial charge in [0, 0.05) is 6.20 Å². The lowest BCUT2D eigenvalue weighted by molar-refractivity contribution is 0.377. The predicted molar refractivity (Wildman–Crippen MR) is 85.9 cm³/mol. The minimum Gasteiger partial charge on any atom is -0.244 e. The average Bonchev–Trinajstić information content (AvgIpc) is 2.73. The van der Waals surface area contributed by atoms with E-state index in [0.29, 0.717) is 16.3 Å². The number of nitrogens with zero attached hydrogens (tertiary/aromatic N) is 1. The molecule has 1 aliphatic rings. The molecule has 1 saturated heterocycles. The van der Waals surface area contributed by atoms with Crippen molar-refractivity contribution < 1.29 is 12.8 Å². The second-order valence-corrected chi connectivity index (χ2v) is 7.64. The zero-order chi connectivity index (χ0) is 16.8. The molecule has 5 nitrogen and oxygen atoms in total. The highest BCUT2D eigenvalue weighted by Gasteiger charge is 2.48. The average molecular weight is 376 g/mol. The molecule has 1 fully saturated rings. The first kappa shape index (κ1) is 16.6. The molecule has 2 atom stereocenters. The Morgan fingerprint density at radius 3 is 2.61 bits per heavy atom. The molecule has 1 aliphatic heterocycles. The first-order valence-corrected chi connectivity index (χ1v) is 8.83. The largest absolute Gasteiger partial charge is 0.278 e. The summed E-state index contributed by atoms with van der Waals surface area (Å²) in [5.41, 5.74) is -0.0230. The normalized spacial score (nSPS) is 26.3. The maximum absolute atomic E-state index is 13.8. The minimum atomic E-state index is -3.75. The van der Waals surface area contributed by atoms with Crippen LogP contribution in [0.15, 0.2) is 36.5 Å². The summed E-state index contributed by atoms with van der Waals surface area (Å²) in [7, 11) is -3.75. The first-order chi connectivity index (χ1) is 10.7. The fourth-order valence-corrected chi connectivity index (χ4v) is 4.41. The zero-order valence-corrected chi connectivity index (χ0v) is 14.2. The molecule has 2 N–H and O–H groups in total. The van der Waals surface area contributed by atoms with E-state index in [2.05, 4.69) is 14.4 Å². The van der Waals surface area contributed by atoms with Crippen LogP contribution in [0.5, 0.6) is 0 Å².